The predicted molar refractivity (Wildman–Crippen MR) is 93.1 cm³/mol. The average Bonchev–Trinajstić information content (AvgIpc) is 3.23. The number of alkyl halides is 3. The zero-order valence-corrected chi connectivity index (χ0v) is 14.5. The van der Waals surface area contributed by atoms with Crippen molar-refractivity contribution >= 4 is 28.1 Å². The molecule has 0 unspecified atom stereocenters. The lowest BCUT2D eigenvalue weighted by Gasteiger charge is -2.11. The van der Waals surface area contributed by atoms with Crippen molar-refractivity contribution < 1.29 is 21.6 Å². The van der Waals surface area contributed by atoms with Crippen LogP contribution in [0.1, 0.15) is 17.9 Å². The molecular formula is C16H16ClF3N2O2S. The van der Waals surface area contributed by atoms with Crippen LogP contribution in [0.5, 0.6) is 0 Å². The maximum atomic E-state index is 12.4. The van der Waals surface area contributed by atoms with Gasteiger partial charge in [-0.1, -0.05) is 36.4 Å². The third kappa shape index (κ3) is 4.26. The summed E-state index contributed by atoms with van der Waals surface area (Å²) in [6, 6.07) is 13.6. The summed E-state index contributed by atoms with van der Waals surface area (Å²) >= 11 is 0. The normalized spacial score (nSPS) is 19.8. The van der Waals surface area contributed by atoms with Gasteiger partial charge in [-0.15, -0.1) is 12.4 Å². The van der Waals surface area contributed by atoms with E-state index in [2.05, 4.69) is 0 Å². The molecular weight excluding hydrogens is 377 g/mol. The summed E-state index contributed by atoms with van der Waals surface area (Å²) in [6.07, 6.45) is 0.952. The molecule has 0 aromatic heterocycles. The topological polar surface area (TPSA) is 72.2 Å². The molecule has 136 valence electrons. The number of hydrogen-bond donors (Lipinski definition) is 2. The van der Waals surface area contributed by atoms with Crippen molar-refractivity contribution in [2.75, 3.05) is 4.72 Å². The van der Waals surface area contributed by atoms with Gasteiger partial charge in [-0.25, -0.2) is 0 Å². The number of sulfonamides is 1. The Balaban J connectivity index is 0.00000225. The fraction of sp³-hybridized carbons (Fsp3) is 0.250. The molecule has 1 fully saturated rings. The van der Waals surface area contributed by atoms with Gasteiger partial charge in [0.25, 0.3) is 0 Å². The van der Waals surface area contributed by atoms with Crippen LogP contribution in [0.3, 0.4) is 0 Å². The molecule has 25 heavy (non-hydrogen) atoms. The molecule has 0 amide bonds. The summed E-state index contributed by atoms with van der Waals surface area (Å²) < 4.78 is 61.2. The number of benzene rings is 2. The molecule has 9 heteroatoms. The number of rotatable bonds is 4. The molecule has 4 nitrogen and oxygen atoms in total. The van der Waals surface area contributed by atoms with Gasteiger partial charge in [-0.05, 0) is 35.2 Å². The largest absolute Gasteiger partial charge is 0.516 e. The Bertz CT molecular complexity index is 854. The summed E-state index contributed by atoms with van der Waals surface area (Å²) in [4.78, 5) is 0. The Morgan fingerprint density at radius 2 is 1.64 bits per heavy atom. The molecule has 1 saturated carbocycles. The molecule has 0 aliphatic heterocycles. The van der Waals surface area contributed by atoms with E-state index in [0.29, 0.717) is 11.5 Å². The third-order valence-electron chi connectivity index (χ3n) is 3.93. The highest BCUT2D eigenvalue weighted by Gasteiger charge is 2.46. The van der Waals surface area contributed by atoms with Gasteiger partial charge in [-0.3, -0.25) is 4.72 Å². The molecule has 2 atom stereocenters. The average molecular weight is 393 g/mol. The van der Waals surface area contributed by atoms with Gasteiger partial charge in [0, 0.05) is 17.6 Å². The zero-order chi connectivity index (χ0) is 17.5. The fourth-order valence-electron chi connectivity index (χ4n) is 2.50. The first-order chi connectivity index (χ1) is 11.2. The number of nitrogens with two attached hydrogens (primary N) is 1. The Hall–Kier alpha value is -1.77. The van der Waals surface area contributed by atoms with Gasteiger partial charge >= 0.3 is 15.5 Å². The van der Waals surface area contributed by atoms with Crippen LogP contribution in [0.15, 0.2) is 48.5 Å². The molecule has 0 bridgehead atoms. The quantitative estimate of drug-likeness (QED) is 0.830. The van der Waals surface area contributed by atoms with E-state index in [1.54, 1.807) is 10.8 Å². The van der Waals surface area contributed by atoms with Crippen LogP contribution in [0.4, 0.5) is 18.9 Å². The Kier molecular flexibility index (Phi) is 5.36. The molecule has 1 aliphatic carbocycles. The number of nitrogens with one attached hydrogen (secondary N) is 1. The van der Waals surface area contributed by atoms with Crippen molar-refractivity contribution in [3.63, 3.8) is 0 Å². The second kappa shape index (κ2) is 6.86. The SMILES string of the molecule is Cl.N[C@H]1C[C@@H]1c1ccc(-c2cccc(NS(=O)(=O)C(F)(F)F)c2)cc1. The van der Waals surface area contributed by atoms with Crippen LogP contribution >= 0.6 is 12.4 Å². The highest BCUT2D eigenvalue weighted by atomic mass is 35.5. The van der Waals surface area contributed by atoms with E-state index in [1.165, 1.54) is 18.2 Å². The highest BCUT2D eigenvalue weighted by molar-refractivity contribution is 7.93. The maximum Gasteiger partial charge on any atom is 0.516 e. The van der Waals surface area contributed by atoms with Gasteiger partial charge in [-0.2, -0.15) is 21.6 Å². The second-order valence-electron chi connectivity index (χ2n) is 5.76. The van der Waals surface area contributed by atoms with Crippen LogP contribution < -0.4 is 10.5 Å². The van der Waals surface area contributed by atoms with Crippen molar-refractivity contribution in [1.82, 2.24) is 0 Å². The first-order valence-electron chi connectivity index (χ1n) is 7.22. The van der Waals surface area contributed by atoms with E-state index in [1.807, 2.05) is 24.3 Å². The van der Waals surface area contributed by atoms with E-state index in [-0.39, 0.29) is 24.1 Å². The van der Waals surface area contributed by atoms with E-state index < -0.39 is 15.5 Å². The van der Waals surface area contributed by atoms with Crippen molar-refractivity contribution in [1.29, 1.82) is 0 Å². The van der Waals surface area contributed by atoms with Crippen LogP contribution in [0.25, 0.3) is 11.1 Å². The first-order valence-corrected chi connectivity index (χ1v) is 8.71. The van der Waals surface area contributed by atoms with E-state index >= 15 is 0 Å². The lowest BCUT2D eigenvalue weighted by molar-refractivity contribution is -0.0429. The number of hydrogen-bond acceptors (Lipinski definition) is 3. The second-order valence-corrected chi connectivity index (χ2v) is 7.43. The molecule has 0 heterocycles. The van der Waals surface area contributed by atoms with Gasteiger partial charge in [0.1, 0.15) is 0 Å². The van der Waals surface area contributed by atoms with E-state index in [4.69, 9.17) is 5.73 Å². The summed E-state index contributed by atoms with van der Waals surface area (Å²) in [7, 11) is -5.43. The lowest BCUT2D eigenvalue weighted by atomic mass is 10.0. The summed E-state index contributed by atoms with van der Waals surface area (Å²) in [5.74, 6) is 0.365. The predicted octanol–water partition coefficient (Wildman–Crippen LogP) is 3.85. The minimum absolute atomic E-state index is 0. The molecule has 1 aliphatic rings. The summed E-state index contributed by atoms with van der Waals surface area (Å²) in [5, 5.41) is 0. The third-order valence-corrected chi connectivity index (χ3v) is 5.05. The van der Waals surface area contributed by atoms with Gasteiger partial charge < -0.3 is 5.73 Å². The first kappa shape index (κ1) is 19.6. The monoisotopic (exact) mass is 392 g/mol. The maximum absolute atomic E-state index is 12.4. The van der Waals surface area contributed by atoms with Gasteiger partial charge in [0.05, 0.1) is 0 Å². The smallest absolute Gasteiger partial charge is 0.327 e. The molecule has 2 aromatic carbocycles. The van der Waals surface area contributed by atoms with Crippen LogP contribution in [-0.2, 0) is 10.0 Å². The Morgan fingerprint density at radius 1 is 1.04 bits per heavy atom. The molecule has 0 radical (unpaired) electrons. The molecule has 0 spiro atoms. The van der Waals surface area contributed by atoms with Crippen molar-refractivity contribution in [2.24, 2.45) is 5.73 Å². The van der Waals surface area contributed by atoms with Crippen molar-refractivity contribution in [2.45, 2.75) is 23.9 Å². The van der Waals surface area contributed by atoms with Crippen molar-refractivity contribution in [3.8, 4) is 11.1 Å². The minimum Gasteiger partial charge on any atom is -0.327 e. The molecule has 3 rings (SSSR count). The standard InChI is InChI=1S/C16H15F3N2O2S.ClH/c17-16(18,19)24(22,23)21-13-3-1-2-12(8-13)10-4-6-11(7-5-10)14-9-15(14)20;/h1-8,14-15,21H,9,20H2;1H/t14-,15+;/m1./s1. The Morgan fingerprint density at radius 3 is 2.16 bits per heavy atom. The summed E-state index contributed by atoms with van der Waals surface area (Å²) in [6.45, 7) is 0. The zero-order valence-electron chi connectivity index (χ0n) is 12.8. The number of anilines is 1. The minimum atomic E-state index is -5.43. The van der Waals surface area contributed by atoms with Gasteiger partial charge in [0.2, 0.25) is 0 Å². The molecule has 0 saturated heterocycles. The fourth-order valence-corrected chi connectivity index (χ4v) is 3.05. The van der Waals surface area contributed by atoms with E-state index in [0.717, 1.165) is 17.5 Å². The highest BCUT2D eigenvalue weighted by Crippen LogP contribution is 2.39. The van der Waals surface area contributed by atoms with E-state index in [9.17, 15) is 21.6 Å². The van der Waals surface area contributed by atoms with Gasteiger partial charge in [0.15, 0.2) is 0 Å². The van der Waals surface area contributed by atoms with Crippen LogP contribution in [0, 0.1) is 0 Å². The molecule has 2 aromatic rings. The molecule has 3 N–H and O–H groups in total. The lowest BCUT2D eigenvalue weighted by Crippen LogP contribution is -2.29. The Labute approximate surface area is 149 Å². The van der Waals surface area contributed by atoms with Crippen molar-refractivity contribution in [3.05, 3.63) is 54.1 Å². The van der Waals surface area contributed by atoms with Crippen LogP contribution in [0.2, 0.25) is 0 Å². The summed E-state index contributed by atoms with van der Waals surface area (Å²) in [5.41, 5.74) is 2.83. The number of halogens is 4. The van der Waals surface area contributed by atoms with Crippen LogP contribution in [-0.4, -0.2) is 20.0 Å².